The molecular formula is C4H11NO3P+. The van der Waals surface area contributed by atoms with Crippen LogP contribution < -0.4 is 5.73 Å². The second-order valence-corrected chi connectivity index (χ2v) is 2.95. The second kappa shape index (κ2) is 3.22. The van der Waals surface area contributed by atoms with Crippen LogP contribution in [0.1, 0.15) is 13.8 Å². The largest absolute Gasteiger partial charge is 0.695 e. The van der Waals surface area contributed by atoms with Crippen LogP contribution in [0.15, 0.2) is 0 Å². The van der Waals surface area contributed by atoms with Crippen LogP contribution in [-0.2, 0) is 9.09 Å². The van der Waals surface area contributed by atoms with Gasteiger partial charge in [0.15, 0.2) is 0 Å². The van der Waals surface area contributed by atoms with Gasteiger partial charge in [0.05, 0.1) is 0 Å². The van der Waals surface area contributed by atoms with E-state index in [-0.39, 0.29) is 6.54 Å². The van der Waals surface area contributed by atoms with Gasteiger partial charge in [-0.2, -0.15) is 0 Å². The molecule has 0 aliphatic heterocycles. The van der Waals surface area contributed by atoms with Crippen LogP contribution in [0.4, 0.5) is 0 Å². The van der Waals surface area contributed by atoms with Crippen LogP contribution in [0.5, 0.6) is 0 Å². The van der Waals surface area contributed by atoms with Crippen molar-refractivity contribution in [2.24, 2.45) is 5.73 Å². The van der Waals surface area contributed by atoms with Crippen LogP contribution in [0.2, 0.25) is 0 Å². The molecule has 4 nitrogen and oxygen atoms in total. The molecule has 0 saturated carbocycles. The molecule has 1 atom stereocenters. The van der Waals surface area contributed by atoms with Crippen molar-refractivity contribution in [3.05, 3.63) is 0 Å². The van der Waals surface area contributed by atoms with Crippen molar-refractivity contribution < 1.29 is 14.0 Å². The highest BCUT2D eigenvalue weighted by molar-refractivity contribution is 7.32. The molecule has 0 radical (unpaired) electrons. The molecule has 0 aromatic heterocycles. The molecule has 0 aliphatic carbocycles. The van der Waals surface area contributed by atoms with Gasteiger partial charge in [-0.15, -0.1) is 9.42 Å². The Morgan fingerprint density at radius 2 is 2.22 bits per heavy atom. The Morgan fingerprint density at radius 3 is 2.33 bits per heavy atom. The van der Waals surface area contributed by atoms with Crippen molar-refractivity contribution in [1.29, 1.82) is 0 Å². The summed E-state index contributed by atoms with van der Waals surface area (Å²) in [5, 5.41) is 0. The van der Waals surface area contributed by atoms with E-state index in [9.17, 15) is 4.57 Å². The first kappa shape index (κ1) is 8.98. The van der Waals surface area contributed by atoms with E-state index in [1.807, 2.05) is 0 Å². The first-order chi connectivity index (χ1) is 3.98. The van der Waals surface area contributed by atoms with Gasteiger partial charge in [0, 0.05) is 11.1 Å². The number of hydrogen-bond donors (Lipinski definition) is 2. The van der Waals surface area contributed by atoms with Gasteiger partial charge in [-0.1, -0.05) is 0 Å². The van der Waals surface area contributed by atoms with Crippen molar-refractivity contribution in [3.63, 3.8) is 0 Å². The average molecular weight is 152 g/mol. The maximum atomic E-state index is 10.0. The molecule has 0 aromatic carbocycles. The zero-order chi connectivity index (χ0) is 7.49. The normalized spacial score (nSPS) is 13.6. The van der Waals surface area contributed by atoms with E-state index in [1.165, 1.54) is 0 Å². The van der Waals surface area contributed by atoms with Crippen molar-refractivity contribution >= 4 is 8.25 Å². The lowest BCUT2D eigenvalue weighted by Crippen LogP contribution is -2.31. The van der Waals surface area contributed by atoms with Crippen molar-refractivity contribution in [2.75, 3.05) is 6.54 Å². The van der Waals surface area contributed by atoms with E-state index in [0.29, 0.717) is 0 Å². The third-order valence-electron chi connectivity index (χ3n) is 0.817. The van der Waals surface area contributed by atoms with E-state index in [0.717, 1.165) is 0 Å². The SMILES string of the molecule is CC(C)(CN)O[P+](=O)O. The lowest BCUT2D eigenvalue weighted by atomic mass is 10.1. The number of nitrogens with two attached hydrogens (primary N) is 1. The van der Waals surface area contributed by atoms with Crippen LogP contribution in [0.3, 0.4) is 0 Å². The Labute approximate surface area is 55.0 Å². The predicted molar refractivity (Wildman–Crippen MR) is 34.0 cm³/mol. The summed E-state index contributed by atoms with van der Waals surface area (Å²) in [5.41, 5.74) is 4.50. The summed E-state index contributed by atoms with van der Waals surface area (Å²) in [6.45, 7) is 3.53. The first-order valence-electron chi connectivity index (χ1n) is 2.53. The van der Waals surface area contributed by atoms with Gasteiger partial charge in [-0.05, 0) is 13.8 Å². The van der Waals surface area contributed by atoms with Crippen LogP contribution in [0.25, 0.3) is 0 Å². The molecule has 0 fully saturated rings. The summed E-state index contributed by atoms with van der Waals surface area (Å²) in [6, 6.07) is 0. The lowest BCUT2D eigenvalue weighted by Gasteiger charge is -2.11. The van der Waals surface area contributed by atoms with E-state index in [1.54, 1.807) is 13.8 Å². The third-order valence-corrected chi connectivity index (χ3v) is 1.47. The topological polar surface area (TPSA) is 72.5 Å². The molecule has 1 unspecified atom stereocenters. The fraction of sp³-hybridized carbons (Fsp3) is 1.00. The summed E-state index contributed by atoms with van der Waals surface area (Å²) in [6.07, 6.45) is 0. The highest BCUT2D eigenvalue weighted by Gasteiger charge is 2.28. The van der Waals surface area contributed by atoms with E-state index >= 15 is 0 Å². The summed E-state index contributed by atoms with van der Waals surface area (Å²) < 4.78 is 14.6. The number of hydrogen-bond acceptors (Lipinski definition) is 3. The molecule has 0 aliphatic rings. The Bertz CT molecular complexity index is 114. The van der Waals surface area contributed by atoms with E-state index < -0.39 is 13.9 Å². The molecule has 5 heteroatoms. The molecule has 0 spiro atoms. The Kier molecular flexibility index (Phi) is 3.22. The Hall–Kier alpha value is -0.0200. The monoisotopic (exact) mass is 152 g/mol. The first-order valence-corrected chi connectivity index (χ1v) is 3.66. The molecule has 0 saturated heterocycles. The van der Waals surface area contributed by atoms with Gasteiger partial charge in [-0.3, -0.25) is 0 Å². The second-order valence-electron chi connectivity index (χ2n) is 2.29. The average Bonchev–Trinajstić information content (AvgIpc) is 1.63. The molecule has 0 aromatic rings. The molecule has 0 rings (SSSR count). The van der Waals surface area contributed by atoms with E-state index in [4.69, 9.17) is 10.6 Å². The maximum absolute atomic E-state index is 10.0. The summed E-state index contributed by atoms with van der Waals surface area (Å²) in [5.74, 6) is 0. The highest BCUT2D eigenvalue weighted by Crippen LogP contribution is 2.24. The fourth-order valence-electron chi connectivity index (χ4n) is 0.249. The maximum Gasteiger partial charge on any atom is 0.695 e. The van der Waals surface area contributed by atoms with Crippen LogP contribution in [0, 0.1) is 0 Å². The standard InChI is InChI=1S/C4H10NO3P/c1-4(2,3-5)8-9(6)7/h3,5H2,1-2H3/p+1. The van der Waals surface area contributed by atoms with Gasteiger partial charge in [0.25, 0.3) is 0 Å². The molecule has 0 bridgehead atoms. The minimum absolute atomic E-state index is 0.231. The molecule has 54 valence electrons. The van der Waals surface area contributed by atoms with Crippen LogP contribution >= 0.6 is 8.25 Å². The predicted octanol–water partition coefficient (Wildman–Crippen LogP) is 0.390. The zero-order valence-corrected chi connectivity index (χ0v) is 6.39. The Balaban J connectivity index is 3.71. The van der Waals surface area contributed by atoms with Crippen molar-refractivity contribution in [1.82, 2.24) is 0 Å². The lowest BCUT2D eigenvalue weighted by molar-refractivity contribution is 0.112. The quantitative estimate of drug-likeness (QED) is 0.574. The molecule has 0 heterocycles. The summed E-state index contributed by atoms with van der Waals surface area (Å²) in [4.78, 5) is 8.25. The zero-order valence-electron chi connectivity index (χ0n) is 5.50. The molecule has 3 N–H and O–H groups in total. The fourth-order valence-corrected chi connectivity index (χ4v) is 0.746. The number of rotatable bonds is 3. The Morgan fingerprint density at radius 1 is 1.78 bits per heavy atom. The van der Waals surface area contributed by atoms with Gasteiger partial charge in [0.1, 0.15) is 5.60 Å². The van der Waals surface area contributed by atoms with Crippen LogP contribution in [-0.4, -0.2) is 17.0 Å². The molecule has 9 heavy (non-hydrogen) atoms. The van der Waals surface area contributed by atoms with Crippen molar-refractivity contribution in [2.45, 2.75) is 19.4 Å². The minimum Gasteiger partial charge on any atom is -0.328 e. The molecular weight excluding hydrogens is 141 g/mol. The highest BCUT2D eigenvalue weighted by atomic mass is 31.1. The summed E-state index contributed by atoms with van der Waals surface area (Å²) >= 11 is 0. The van der Waals surface area contributed by atoms with E-state index in [2.05, 4.69) is 4.52 Å². The van der Waals surface area contributed by atoms with Gasteiger partial charge < -0.3 is 5.73 Å². The van der Waals surface area contributed by atoms with Crippen molar-refractivity contribution in [3.8, 4) is 0 Å². The molecule has 0 amide bonds. The minimum atomic E-state index is -2.52. The van der Waals surface area contributed by atoms with Gasteiger partial charge in [-0.25, -0.2) is 0 Å². The smallest absolute Gasteiger partial charge is 0.328 e. The van der Waals surface area contributed by atoms with Gasteiger partial charge in [0.2, 0.25) is 0 Å². The third kappa shape index (κ3) is 4.48. The van der Waals surface area contributed by atoms with Gasteiger partial charge >= 0.3 is 8.25 Å². The summed E-state index contributed by atoms with van der Waals surface area (Å²) in [7, 11) is -2.52.